The second-order valence-electron chi connectivity index (χ2n) is 8.28. The highest BCUT2D eigenvalue weighted by molar-refractivity contribution is 6.30. The van der Waals surface area contributed by atoms with Gasteiger partial charge < -0.3 is 15.1 Å². The first-order valence-corrected chi connectivity index (χ1v) is 11.0. The first-order valence-electron chi connectivity index (χ1n) is 11.0. The third kappa shape index (κ3) is 5.66. The highest BCUT2D eigenvalue weighted by Crippen LogP contribution is 2.59. The van der Waals surface area contributed by atoms with E-state index >= 15 is 35.1 Å². The van der Waals surface area contributed by atoms with Crippen molar-refractivity contribution in [1.82, 2.24) is 4.48 Å². The van der Waals surface area contributed by atoms with Crippen molar-refractivity contribution in [2.75, 3.05) is 0 Å². The SMILES string of the molecule is Fc1cc(F)c([N+](c2c(F)cc(F)c(F)c2F)(c2c(F)cc(F)c(F)c2F)c2c(F)cc(F)c(F)c2F)c(F)c1F.OB(O)O. The van der Waals surface area contributed by atoms with Gasteiger partial charge in [-0.3, -0.25) is 0 Å². The zero-order valence-corrected chi connectivity index (χ0v) is 20.7. The molecule has 3 N–H and O–H groups in total. The molecule has 0 heterocycles. The Bertz CT molecular complexity index is 1580. The van der Waals surface area contributed by atoms with E-state index in [4.69, 9.17) is 15.1 Å². The number of nitrogens with zero attached hydrogens (tertiary/aromatic N) is 1. The van der Waals surface area contributed by atoms with Crippen molar-refractivity contribution in [1.29, 1.82) is 0 Å². The topological polar surface area (TPSA) is 60.7 Å². The zero-order chi connectivity index (χ0) is 34.5. The van der Waals surface area contributed by atoms with Crippen LogP contribution in [-0.4, -0.2) is 22.4 Å². The van der Waals surface area contributed by atoms with Gasteiger partial charge in [-0.2, -0.15) is 22.0 Å². The van der Waals surface area contributed by atoms with Crippen LogP contribution >= 0.6 is 0 Å². The smallest absolute Gasteiger partial charge is 0.402 e. The van der Waals surface area contributed by atoms with Crippen LogP contribution in [0.15, 0.2) is 24.3 Å². The number of rotatable bonds is 4. The van der Waals surface area contributed by atoms with Crippen molar-refractivity contribution >= 4 is 30.1 Å². The van der Waals surface area contributed by atoms with Gasteiger partial charge in [0.2, 0.25) is 69.3 Å². The average molecular weight is 672 g/mol. The van der Waals surface area contributed by atoms with E-state index in [-0.39, 0.29) is 0 Å². The number of benzene rings is 4. The first-order chi connectivity index (χ1) is 20.7. The van der Waals surface area contributed by atoms with Gasteiger partial charge in [0.05, 0.1) is 0 Å². The van der Waals surface area contributed by atoms with Gasteiger partial charge in [-0.25, -0.2) is 52.7 Å². The molecule has 0 aliphatic rings. The third-order valence-corrected chi connectivity index (χ3v) is 5.70. The number of quaternary nitrogens is 1. The van der Waals surface area contributed by atoms with E-state index < -0.39 is 152 Å². The van der Waals surface area contributed by atoms with Crippen molar-refractivity contribution < 1.29 is 85.3 Å². The van der Waals surface area contributed by atoms with Gasteiger partial charge in [-0.15, -0.1) is 0 Å². The molecule has 4 aromatic rings. The van der Waals surface area contributed by atoms with E-state index in [1.165, 1.54) is 0 Å². The standard InChI is InChI=1S/C24H4F16N.BH3O3/c25-5-1-9(29)21(17(37)13(5)33)41(22-10(30)2-6(26)14(34)18(22)38,23-11(31)3-7(27)15(35)19(23)39)24-12(32)4-8(28)16(36)20(24)40;2-1(3)4/h1-4H;2-4H/q+1;. The molecule has 0 bridgehead atoms. The summed E-state index contributed by atoms with van der Waals surface area (Å²) in [5.41, 5.74) is -11.4. The maximum absolute atomic E-state index is 15.3. The van der Waals surface area contributed by atoms with Gasteiger partial charge in [-0.1, -0.05) is 0 Å². The van der Waals surface area contributed by atoms with Crippen LogP contribution in [0.3, 0.4) is 0 Å². The Morgan fingerprint density at radius 2 is 0.467 bits per heavy atom. The molecule has 0 aliphatic carbocycles. The molecule has 240 valence electrons. The highest BCUT2D eigenvalue weighted by Gasteiger charge is 2.57. The molecule has 0 saturated carbocycles. The maximum Gasteiger partial charge on any atom is 0.631 e. The van der Waals surface area contributed by atoms with Crippen molar-refractivity contribution in [3.63, 3.8) is 0 Å². The second-order valence-corrected chi connectivity index (χ2v) is 8.28. The molecule has 45 heavy (non-hydrogen) atoms. The molecule has 0 unspecified atom stereocenters. The van der Waals surface area contributed by atoms with E-state index in [0.29, 0.717) is 0 Å². The number of halogens is 16. The van der Waals surface area contributed by atoms with E-state index in [9.17, 15) is 35.1 Å². The van der Waals surface area contributed by atoms with Gasteiger partial charge >= 0.3 is 7.32 Å². The van der Waals surface area contributed by atoms with Gasteiger partial charge in [0, 0.05) is 24.3 Å². The fourth-order valence-electron chi connectivity index (χ4n) is 4.13. The Kier molecular flexibility index (Phi) is 9.82. The molecule has 0 aromatic heterocycles. The van der Waals surface area contributed by atoms with Crippen molar-refractivity contribution in [2.45, 2.75) is 0 Å². The van der Waals surface area contributed by atoms with Crippen LogP contribution in [0.5, 0.6) is 0 Å². The zero-order valence-electron chi connectivity index (χ0n) is 20.7. The lowest BCUT2D eigenvalue weighted by atomic mass is 10.0. The molecule has 0 amide bonds. The Labute approximate surface area is 238 Å². The van der Waals surface area contributed by atoms with Crippen LogP contribution in [0.4, 0.5) is 93.0 Å². The van der Waals surface area contributed by atoms with Crippen LogP contribution in [0.1, 0.15) is 0 Å². The minimum absolute atomic E-state index is 0.762. The minimum Gasteiger partial charge on any atom is -0.402 e. The summed E-state index contributed by atoms with van der Waals surface area (Å²) in [6.07, 6.45) is 0. The normalized spacial score (nSPS) is 11.4. The lowest BCUT2D eigenvalue weighted by Gasteiger charge is -2.37. The average Bonchev–Trinajstić information content (AvgIpc) is 2.92. The van der Waals surface area contributed by atoms with Gasteiger partial charge in [-0.05, 0) is 0 Å². The van der Waals surface area contributed by atoms with Crippen LogP contribution < -0.4 is 4.48 Å². The Morgan fingerprint density at radius 3 is 0.622 bits per heavy atom. The Morgan fingerprint density at radius 1 is 0.311 bits per heavy atom. The van der Waals surface area contributed by atoms with Gasteiger partial charge in [0.1, 0.15) is 0 Å². The largest absolute Gasteiger partial charge is 0.631 e. The summed E-state index contributed by atoms with van der Waals surface area (Å²) < 4.78 is 231. The van der Waals surface area contributed by atoms with Crippen molar-refractivity contribution in [3.8, 4) is 0 Å². The molecule has 0 atom stereocenters. The lowest BCUT2D eigenvalue weighted by Crippen LogP contribution is -2.41. The van der Waals surface area contributed by atoms with Crippen LogP contribution in [0.25, 0.3) is 0 Å². The summed E-state index contributed by atoms with van der Waals surface area (Å²) in [5.74, 6) is -45.7. The maximum atomic E-state index is 15.3. The fraction of sp³-hybridized carbons (Fsp3) is 0. The molecule has 4 aromatic carbocycles. The van der Waals surface area contributed by atoms with E-state index in [1.54, 1.807) is 0 Å². The van der Waals surface area contributed by atoms with Gasteiger partial charge in [0.25, 0.3) is 0 Å². The fourth-order valence-corrected chi connectivity index (χ4v) is 4.13. The molecular weight excluding hydrogens is 665 g/mol. The highest BCUT2D eigenvalue weighted by atomic mass is 19.2. The van der Waals surface area contributed by atoms with E-state index in [2.05, 4.69) is 0 Å². The van der Waals surface area contributed by atoms with E-state index in [0.717, 1.165) is 0 Å². The summed E-state index contributed by atoms with van der Waals surface area (Å²) in [6, 6.07) is -3.05. The van der Waals surface area contributed by atoms with Crippen molar-refractivity contribution in [3.05, 3.63) is 117 Å². The monoisotopic (exact) mass is 672 g/mol. The molecule has 0 aliphatic heterocycles. The lowest BCUT2D eigenvalue weighted by molar-refractivity contribution is 0.278. The Hall–Kier alpha value is -4.34. The summed E-state index contributed by atoms with van der Waals surface area (Å²) in [4.78, 5) is 0. The summed E-state index contributed by atoms with van der Waals surface area (Å²) in [6.45, 7) is 0. The summed E-state index contributed by atoms with van der Waals surface area (Å²) in [5, 5.41) is 21.5. The first kappa shape index (κ1) is 35.1. The predicted octanol–water partition coefficient (Wildman–Crippen LogP) is 7.16. The minimum atomic E-state index is -4.02. The third-order valence-electron chi connectivity index (χ3n) is 5.70. The Balaban J connectivity index is 0.00000130. The second kappa shape index (κ2) is 12.6. The van der Waals surface area contributed by atoms with E-state index in [1.807, 2.05) is 0 Å². The van der Waals surface area contributed by atoms with Crippen molar-refractivity contribution in [2.24, 2.45) is 0 Å². The van der Waals surface area contributed by atoms with Crippen LogP contribution in [-0.2, 0) is 0 Å². The summed E-state index contributed by atoms with van der Waals surface area (Å²) >= 11 is 0. The van der Waals surface area contributed by atoms with Crippen LogP contribution in [0.2, 0.25) is 0 Å². The molecule has 0 radical (unpaired) electrons. The molecule has 0 fully saturated rings. The molecule has 0 saturated heterocycles. The quantitative estimate of drug-likeness (QED) is 0.0710. The number of hydrogen-bond donors (Lipinski definition) is 3. The summed E-state index contributed by atoms with van der Waals surface area (Å²) in [7, 11) is -2.17. The molecule has 21 heteroatoms. The predicted molar refractivity (Wildman–Crippen MR) is 118 cm³/mol. The van der Waals surface area contributed by atoms with Crippen LogP contribution in [0, 0.1) is 93.1 Å². The van der Waals surface area contributed by atoms with Gasteiger partial charge in [0.15, 0.2) is 46.5 Å². The number of hydrogen-bond acceptors (Lipinski definition) is 3. The molecule has 0 spiro atoms. The molecule has 4 rings (SSSR count). The molecule has 4 nitrogen and oxygen atoms in total. The molecular formula is C24H7BF16NO3+.